The standard InChI is InChI=1S/C17H24N2O4/c1-21-14-9-11-10-18-7-6-12(11)15(16(14)22-2)19-8-4-5-13(19)17(20)23-3/h9,13,18H,4-8,10H2,1-3H3. The first-order valence-corrected chi connectivity index (χ1v) is 8.03. The van der Waals surface area contributed by atoms with Crippen molar-refractivity contribution in [2.75, 3.05) is 39.3 Å². The summed E-state index contributed by atoms with van der Waals surface area (Å²) in [5.41, 5.74) is 3.45. The van der Waals surface area contributed by atoms with Crippen molar-refractivity contribution in [3.8, 4) is 11.5 Å². The summed E-state index contributed by atoms with van der Waals surface area (Å²) in [6.45, 7) is 2.55. The number of nitrogens with zero attached hydrogens (tertiary/aromatic N) is 1. The highest BCUT2D eigenvalue weighted by Gasteiger charge is 2.36. The Morgan fingerprint density at radius 2 is 2.13 bits per heavy atom. The van der Waals surface area contributed by atoms with Crippen LogP contribution in [0.4, 0.5) is 5.69 Å². The Kier molecular flexibility index (Phi) is 4.61. The normalized spacial score (nSPS) is 20.1. The average molecular weight is 320 g/mol. The molecule has 0 amide bonds. The van der Waals surface area contributed by atoms with Gasteiger partial charge in [-0.1, -0.05) is 0 Å². The Bertz CT molecular complexity index is 588. The van der Waals surface area contributed by atoms with Gasteiger partial charge in [0.25, 0.3) is 0 Å². The van der Waals surface area contributed by atoms with Crippen LogP contribution >= 0.6 is 0 Å². The molecule has 1 N–H and O–H groups in total. The maximum absolute atomic E-state index is 12.2. The second-order valence-electron chi connectivity index (χ2n) is 5.90. The number of ether oxygens (including phenoxy) is 3. The summed E-state index contributed by atoms with van der Waals surface area (Å²) in [6.07, 6.45) is 2.68. The Morgan fingerprint density at radius 1 is 1.30 bits per heavy atom. The van der Waals surface area contributed by atoms with Gasteiger partial charge in [0.15, 0.2) is 11.5 Å². The number of methoxy groups -OCH3 is 3. The van der Waals surface area contributed by atoms with Gasteiger partial charge in [0.1, 0.15) is 6.04 Å². The highest BCUT2D eigenvalue weighted by atomic mass is 16.5. The lowest BCUT2D eigenvalue weighted by molar-refractivity contribution is -0.141. The van der Waals surface area contributed by atoms with E-state index in [0.717, 1.165) is 44.6 Å². The van der Waals surface area contributed by atoms with E-state index in [0.29, 0.717) is 11.5 Å². The maximum Gasteiger partial charge on any atom is 0.328 e. The molecule has 1 unspecified atom stereocenters. The van der Waals surface area contributed by atoms with Gasteiger partial charge < -0.3 is 24.4 Å². The molecule has 0 radical (unpaired) electrons. The summed E-state index contributed by atoms with van der Waals surface area (Å²) in [7, 11) is 4.74. The lowest BCUT2D eigenvalue weighted by Gasteiger charge is -2.32. The summed E-state index contributed by atoms with van der Waals surface area (Å²) in [5.74, 6) is 1.24. The molecular weight excluding hydrogens is 296 g/mol. The van der Waals surface area contributed by atoms with E-state index < -0.39 is 0 Å². The zero-order valence-electron chi connectivity index (χ0n) is 14.0. The lowest BCUT2D eigenvalue weighted by Crippen LogP contribution is -2.38. The Labute approximate surface area is 136 Å². The minimum atomic E-state index is -0.250. The van der Waals surface area contributed by atoms with E-state index in [9.17, 15) is 4.79 Å². The summed E-state index contributed by atoms with van der Waals surface area (Å²) in [5, 5.41) is 3.39. The molecule has 0 aliphatic carbocycles. The molecule has 0 aromatic heterocycles. The van der Waals surface area contributed by atoms with Gasteiger partial charge >= 0.3 is 5.97 Å². The SMILES string of the molecule is COC(=O)C1CCCN1c1c2c(cc(OC)c1OC)CNCC2. The monoisotopic (exact) mass is 320 g/mol. The second kappa shape index (κ2) is 6.66. The van der Waals surface area contributed by atoms with Gasteiger partial charge in [0, 0.05) is 13.1 Å². The van der Waals surface area contributed by atoms with E-state index >= 15 is 0 Å². The highest BCUT2D eigenvalue weighted by Crippen LogP contribution is 2.45. The molecule has 0 saturated carbocycles. The predicted molar refractivity (Wildman–Crippen MR) is 87.3 cm³/mol. The number of anilines is 1. The summed E-state index contributed by atoms with van der Waals surface area (Å²) < 4.78 is 16.2. The Balaban J connectivity index is 2.14. The highest BCUT2D eigenvalue weighted by molar-refractivity contribution is 5.84. The molecular formula is C17H24N2O4. The molecule has 1 aromatic carbocycles. The molecule has 126 valence electrons. The van der Waals surface area contributed by atoms with E-state index in [1.54, 1.807) is 14.2 Å². The van der Waals surface area contributed by atoms with E-state index in [1.165, 1.54) is 18.2 Å². The van der Waals surface area contributed by atoms with Crippen LogP contribution in [0, 0.1) is 0 Å². The fourth-order valence-electron chi connectivity index (χ4n) is 3.66. The van der Waals surface area contributed by atoms with Crippen molar-refractivity contribution in [1.82, 2.24) is 5.32 Å². The van der Waals surface area contributed by atoms with Crippen LogP contribution in [0.25, 0.3) is 0 Å². The number of hydrogen-bond acceptors (Lipinski definition) is 6. The van der Waals surface area contributed by atoms with Crippen molar-refractivity contribution in [1.29, 1.82) is 0 Å². The van der Waals surface area contributed by atoms with Crippen molar-refractivity contribution in [3.05, 3.63) is 17.2 Å². The molecule has 1 fully saturated rings. The third-order valence-electron chi connectivity index (χ3n) is 4.72. The molecule has 2 heterocycles. The molecule has 3 rings (SSSR count). The minimum Gasteiger partial charge on any atom is -0.493 e. The lowest BCUT2D eigenvalue weighted by atomic mass is 9.96. The van der Waals surface area contributed by atoms with Gasteiger partial charge in [-0.05, 0) is 43.0 Å². The first-order valence-electron chi connectivity index (χ1n) is 8.03. The molecule has 2 aliphatic heterocycles. The molecule has 1 atom stereocenters. The van der Waals surface area contributed by atoms with Gasteiger partial charge in [-0.2, -0.15) is 0 Å². The summed E-state index contributed by atoms with van der Waals surface area (Å²) in [4.78, 5) is 14.3. The Morgan fingerprint density at radius 3 is 2.83 bits per heavy atom. The summed E-state index contributed by atoms with van der Waals surface area (Å²) >= 11 is 0. The maximum atomic E-state index is 12.2. The predicted octanol–water partition coefficient (Wildman–Crippen LogP) is 1.49. The van der Waals surface area contributed by atoms with Crippen molar-refractivity contribution in [2.45, 2.75) is 31.8 Å². The number of carbonyl (C=O) groups is 1. The van der Waals surface area contributed by atoms with E-state index in [2.05, 4.69) is 10.2 Å². The average Bonchev–Trinajstić information content (AvgIpc) is 3.08. The van der Waals surface area contributed by atoms with Gasteiger partial charge in [-0.3, -0.25) is 0 Å². The fraction of sp³-hybridized carbons (Fsp3) is 0.588. The Hall–Kier alpha value is -1.95. The molecule has 6 heteroatoms. The van der Waals surface area contributed by atoms with Crippen LogP contribution in [0.3, 0.4) is 0 Å². The zero-order chi connectivity index (χ0) is 16.4. The number of carbonyl (C=O) groups excluding carboxylic acids is 1. The van der Waals surface area contributed by atoms with Crippen LogP contribution in [0.15, 0.2) is 6.07 Å². The van der Waals surface area contributed by atoms with E-state index in [-0.39, 0.29) is 12.0 Å². The first-order chi connectivity index (χ1) is 11.2. The van der Waals surface area contributed by atoms with Gasteiger partial charge in [-0.15, -0.1) is 0 Å². The molecule has 0 bridgehead atoms. The largest absolute Gasteiger partial charge is 0.493 e. The fourth-order valence-corrected chi connectivity index (χ4v) is 3.66. The molecule has 2 aliphatic rings. The quantitative estimate of drug-likeness (QED) is 0.848. The van der Waals surface area contributed by atoms with Crippen molar-refractivity contribution in [3.63, 3.8) is 0 Å². The number of fused-ring (bicyclic) bond motifs is 1. The summed E-state index contributed by atoms with van der Waals surface area (Å²) in [6, 6.07) is 1.78. The number of hydrogen-bond donors (Lipinski definition) is 1. The first kappa shape index (κ1) is 15.9. The van der Waals surface area contributed by atoms with Crippen LogP contribution in [-0.2, 0) is 22.5 Å². The van der Waals surface area contributed by atoms with Crippen molar-refractivity contribution in [2.24, 2.45) is 0 Å². The van der Waals surface area contributed by atoms with Gasteiger partial charge in [-0.25, -0.2) is 4.79 Å². The zero-order valence-corrected chi connectivity index (χ0v) is 14.0. The third kappa shape index (κ3) is 2.72. The smallest absolute Gasteiger partial charge is 0.328 e. The molecule has 0 spiro atoms. The third-order valence-corrected chi connectivity index (χ3v) is 4.72. The van der Waals surface area contributed by atoms with E-state index in [4.69, 9.17) is 14.2 Å². The van der Waals surface area contributed by atoms with Crippen LogP contribution in [0.5, 0.6) is 11.5 Å². The van der Waals surface area contributed by atoms with Crippen molar-refractivity contribution >= 4 is 11.7 Å². The molecule has 23 heavy (non-hydrogen) atoms. The van der Waals surface area contributed by atoms with Crippen LogP contribution in [-0.4, -0.2) is 46.4 Å². The number of nitrogens with one attached hydrogen (secondary N) is 1. The van der Waals surface area contributed by atoms with Gasteiger partial charge in [0.05, 0.1) is 27.0 Å². The molecule has 1 aromatic rings. The number of benzene rings is 1. The minimum absolute atomic E-state index is 0.185. The number of rotatable bonds is 4. The second-order valence-corrected chi connectivity index (χ2v) is 5.90. The van der Waals surface area contributed by atoms with Gasteiger partial charge in [0.2, 0.25) is 0 Å². The van der Waals surface area contributed by atoms with Crippen LogP contribution in [0.2, 0.25) is 0 Å². The van der Waals surface area contributed by atoms with E-state index in [1.807, 2.05) is 6.07 Å². The number of esters is 1. The molecule has 6 nitrogen and oxygen atoms in total. The van der Waals surface area contributed by atoms with Crippen LogP contribution in [0.1, 0.15) is 24.0 Å². The molecule has 1 saturated heterocycles. The van der Waals surface area contributed by atoms with Crippen molar-refractivity contribution < 1.29 is 19.0 Å². The topological polar surface area (TPSA) is 60.0 Å². The van der Waals surface area contributed by atoms with Crippen LogP contribution < -0.4 is 19.7 Å².